The number of hydrogen-bond acceptors (Lipinski definition) is 3. The van der Waals surface area contributed by atoms with Gasteiger partial charge in [0.1, 0.15) is 0 Å². The van der Waals surface area contributed by atoms with Crippen LogP contribution >= 0.6 is 0 Å². The first-order valence-electron chi connectivity index (χ1n) is 5.19. The van der Waals surface area contributed by atoms with E-state index in [9.17, 15) is 8.42 Å². The van der Waals surface area contributed by atoms with Gasteiger partial charge in [-0.2, -0.15) is 8.42 Å². The van der Waals surface area contributed by atoms with E-state index in [0.717, 1.165) is 30.6 Å². The summed E-state index contributed by atoms with van der Waals surface area (Å²) in [5.74, 6) is 0. The predicted molar refractivity (Wildman–Crippen MR) is 64.9 cm³/mol. The lowest BCUT2D eigenvalue weighted by atomic mass is 10.0. The molecule has 0 aliphatic carbocycles. The molecule has 0 saturated carbocycles. The molecular weight excluding hydrogens is 226 g/mol. The normalized spacial score (nSPS) is 15.1. The molecule has 0 aromatic heterocycles. The highest BCUT2D eigenvalue weighted by atomic mass is 32.2. The van der Waals surface area contributed by atoms with E-state index in [2.05, 4.69) is 14.8 Å². The molecule has 1 aliphatic rings. The van der Waals surface area contributed by atoms with Crippen molar-refractivity contribution in [3.05, 3.63) is 23.8 Å². The molecular formula is C10H15N3O2S. The summed E-state index contributed by atoms with van der Waals surface area (Å²) in [6, 6.07) is 5.58. The fourth-order valence-corrected chi connectivity index (χ4v) is 2.38. The Morgan fingerprint density at radius 1 is 1.38 bits per heavy atom. The summed E-state index contributed by atoms with van der Waals surface area (Å²) in [6.45, 7) is 0.940. The van der Waals surface area contributed by atoms with E-state index in [4.69, 9.17) is 0 Å². The van der Waals surface area contributed by atoms with Crippen LogP contribution in [0.25, 0.3) is 0 Å². The van der Waals surface area contributed by atoms with Crippen molar-refractivity contribution < 1.29 is 8.42 Å². The Morgan fingerprint density at radius 3 is 2.94 bits per heavy atom. The molecule has 0 spiro atoms. The van der Waals surface area contributed by atoms with Crippen LogP contribution in [0.1, 0.15) is 12.0 Å². The van der Waals surface area contributed by atoms with E-state index in [1.165, 1.54) is 7.05 Å². The summed E-state index contributed by atoms with van der Waals surface area (Å²) in [4.78, 5) is 0. The number of rotatable bonds is 3. The predicted octanol–water partition coefficient (Wildman–Crippen LogP) is 0.921. The van der Waals surface area contributed by atoms with E-state index in [0.29, 0.717) is 5.69 Å². The quantitative estimate of drug-likeness (QED) is 0.737. The van der Waals surface area contributed by atoms with Crippen LogP contribution in [0, 0.1) is 0 Å². The Balaban J connectivity index is 2.35. The fourth-order valence-electron chi connectivity index (χ4n) is 1.80. The maximum atomic E-state index is 11.4. The molecule has 0 amide bonds. The number of benzene rings is 1. The van der Waals surface area contributed by atoms with Crippen molar-refractivity contribution >= 4 is 21.6 Å². The molecule has 88 valence electrons. The van der Waals surface area contributed by atoms with Gasteiger partial charge >= 0.3 is 0 Å². The lowest BCUT2D eigenvalue weighted by Gasteiger charge is -2.21. The van der Waals surface area contributed by atoms with Gasteiger partial charge in [-0.25, -0.2) is 4.72 Å². The van der Waals surface area contributed by atoms with Crippen molar-refractivity contribution in [1.29, 1.82) is 0 Å². The Kier molecular flexibility index (Phi) is 3.02. The molecule has 1 aliphatic heterocycles. The topological polar surface area (TPSA) is 70.2 Å². The lowest BCUT2D eigenvalue weighted by Crippen LogP contribution is -2.27. The minimum atomic E-state index is -3.43. The van der Waals surface area contributed by atoms with Gasteiger partial charge in [-0.15, -0.1) is 0 Å². The van der Waals surface area contributed by atoms with Crippen molar-refractivity contribution in [2.45, 2.75) is 12.8 Å². The van der Waals surface area contributed by atoms with E-state index in [1.807, 2.05) is 12.1 Å². The first-order valence-corrected chi connectivity index (χ1v) is 6.68. The SMILES string of the molecule is CNS(=O)(=O)Nc1cccc2c1CCCN2. The highest BCUT2D eigenvalue weighted by molar-refractivity contribution is 7.90. The number of fused-ring (bicyclic) bond motifs is 1. The summed E-state index contributed by atoms with van der Waals surface area (Å²) in [5, 5.41) is 3.25. The van der Waals surface area contributed by atoms with Crippen molar-refractivity contribution in [3.8, 4) is 0 Å². The molecule has 1 heterocycles. The van der Waals surface area contributed by atoms with Gasteiger partial charge in [-0.05, 0) is 30.5 Å². The molecule has 0 fully saturated rings. The zero-order chi connectivity index (χ0) is 11.6. The highest BCUT2D eigenvalue weighted by Gasteiger charge is 2.15. The third-order valence-corrected chi connectivity index (χ3v) is 3.63. The summed E-state index contributed by atoms with van der Waals surface area (Å²) >= 11 is 0. The molecule has 0 saturated heterocycles. The summed E-state index contributed by atoms with van der Waals surface area (Å²) < 4.78 is 27.6. The van der Waals surface area contributed by atoms with E-state index in [-0.39, 0.29) is 0 Å². The van der Waals surface area contributed by atoms with Crippen LogP contribution < -0.4 is 14.8 Å². The van der Waals surface area contributed by atoms with Crippen LogP contribution in [0.15, 0.2) is 18.2 Å². The minimum absolute atomic E-state index is 0.652. The average Bonchev–Trinajstić information content (AvgIpc) is 2.29. The minimum Gasteiger partial charge on any atom is -0.385 e. The van der Waals surface area contributed by atoms with Crippen molar-refractivity contribution in [3.63, 3.8) is 0 Å². The van der Waals surface area contributed by atoms with E-state index >= 15 is 0 Å². The first-order chi connectivity index (χ1) is 7.62. The van der Waals surface area contributed by atoms with Gasteiger partial charge in [0, 0.05) is 19.3 Å². The molecule has 16 heavy (non-hydrogen) atoms. The number of nitrogens with one attached hydrogen (secondary N) is 3. The largest absolute Gasteiger partial charge is 0.385 e. The molecule has 1 aromatic rings. The standard InChI is InChI=1S/C10H15N3O2S/c1-11-16(14,15)13-10-6-2-5-9-8(10)4-3-7-12-9/h2,5-6,11-13H,3-4,7H2,1H3. The molecule has 5 nitrogen and oxygen atoms in total. The van der Waals surface area contributed by atoms with Gasteiger partial charge in [0.15, 0.2) is 0 Å². The maximum absolute atomic E-state index is 11.4. The zero-order valence-electron chi connectivity index (χ0n) is 9.08. The second-order valence-electron chi connectivity index (χ2n) is 3.67. The molecule has 6 heteroatoms. The Morgan fingerprint density at radius 2 is 2.19 bits per heavy atom. The average molecular weight is 241 g/mol. The van der Waals surface area contributed by atoms with Gasteiger partial charge < -0.3 is 5.32 Å². The maximum Gasteiger partial charge on any atom is 0.298 e. The molecule has 0 atom stereocenters. The molecule has 0 bridgehead atoms. The smallest absolute Gasteiger partial charge is 0.298 e. The first kappa shape index (κ1) is 11.2. The highest BCUT2D eigenvalue weighted by Crippen LogP contribution is 2.29. The summed E-state index contributed by atoms with van der Waals surface area (Å²) in [7, 11) is -2.05. The Bertz CT molecular complexity index is 485. The third-order valence-electron chi connectivity index (χ3n) is 2.61. The molecule has 0 radical (unpaired) electrons. The van der Waals surface area contributed by atoms with Crippen molar-refractivity contribution in [2.24, 2.45) is 0 Å². The monoisotopic (exact) mass is 241 g/mol. The number of anilines is 2. The summed E-state index contributed by atoms with van der Waals surface area (Å²) in [5.41, 5.74) is 2.70. The van der Waals surface area contributed by atoms with E-state index < -0.39 is 10.2 Å². The molecule has 0 unspecified atom stereocenters. The molecule has 2 rings (SSSR count). The Labute approximate surface area is 95.4 Å². The fraction of sp³-hybridized carbons (Fsp3) is 0.400. The second-order valence-corrected chi connectivity index (χ2v) is 5.29. The van der Waals surface area contributed by atoms with Crippen LogP contribution in [-0.4, -0.2) is 22.0 Å². The van der Waals surface area contributed by atoms with Gasteiger partial charge in [0.25, 0.3) is 10.2 Å². The molecule has 3 N–H and O–H groups in total. The zero-order valence-corrected chi connectivity index (χ0v) is 9.89. The van der Waals surface area contributed by atoms with Crippen molar-refractivity contribution in [2.75, 3.05) is 23.6 Å². The van der Waals surface area contributed by atoms with Gasteiger partial charge in [-0.3, -0.25) is 4.72 Å². The Hall–Kier alpha value is -1.27. The summed E-state index contributed by atoms with van der Waals surface area (Å²) in [6.07, 6.45) is 1.91. The second kappa shape index (κ2) is 4.31. The lowest BCUT2D eigenvalue weighted by molar-refractivity contribution is 0.593. The van der Waals surface area contributed by atoms with Crippen LogP contribution in [0.4, 0.5) is 11.4 Å². The van der Waals surface area contributed by atoms with Gasteiger partial charge in [-0.1, -0.05) is 6.07 Å². The van der Waals surface area contributed by atoms with E-state index in [1.54, 1.807) is 6.07 Å². The van der Waals surface area contributed by atoms with Crippen LogP contribution in [-0.2, 0) is 16.6 Å². The van der Waals surface area contributed by atoms with Gasteiger partial charge in [0.05, 0.1) is 5.69 Å². The molecule has 1 aromatic carbocycles. The van der Waals surface area contributed by atoms with Crippen molar-refractivity contribution in [1.82, 2.24) is 4.72 Å². The number of hydrogen-bond donors (Lipinski definition) is 3. The van der Waals surface area contributed by atoms with Gasteiger partial charge in [0.2, 0.25) is 0 Å². The third kappa shape index (κ3) is 2.28. The van der Waals surface area contributed by atoms with Crippen LogP contribution in [0.2, 0.25) is 0 Å². The van der Waals surface area contributed by atoms with Crippen LogP contribution in [0.3, 0.4) is 0 Å². The van der Waals surface area contributed by atoms with Crippen LogP contribution in [0.5, 0.6) is 0 Å².